The largest absolute Gasteiger partial charge is 0.479 e. The Labute approximate surface area is 113 Å². The third kappa shape index (κ3) is 2.96. The van der Waals surface area contributed by atoms with Gasteiger partial charge in [0.2, 0.25) is 5.88 Å². The fourth-order valence-electron chi connectivity index (χ4n) is 1.94. The van der Waals surface area contributed by atoms with Crippen LogP contribution in [0.5, 0.6) is 5.88 Å². The molecule has 100 valence electrons. The van der Waals surface area contributed by atoms with Crippen LogP contribution in [-0.4, -0.2) is 12.1 Å². The summed E-state index contributed by atoms with van der Waals surface area (Å²) in [5, 5.41) is 3.31. The van der Waals surface area contributed by atoms with Crippen LogP contribution in [0.4, 0.5) is 17.2 Å². The van der Waals surface area contributed by atoms with Gasteiger partial charge in [-0.2, -0.15) is 4.98 Å². The predicted octanol–water partition coefficient (Wildman–Crippen LogP) is 3.54. The molecule has 1 aromatic carbocycles. The molecule has 0 saturated heterocycles. The van der Waals surface area contributed by atoms with E-state index in [1.165, 1.54) is 5.56 Å². The van der Waals surface area contributed by atoms with Crippen molar-refractivity contribution in [2.45, 2.75) is 19.8 Å². The van der Waals surface area contributed by atoms with Crippen molar-refractivity contribution in [3.63, 3.8) is 0 Å². The summed E-state index contributed by atoms with van der Waals surface area (Å²) < 4.78 is 5.12. The smallest absolute Gasteiger partial charge is 0.238 e. The maximum atomic E-state index is 5.76. The summed E-state index contributed by atoms with van der Waals surface area (Å²) >= 11 is 0. The van der Waals surface area contributed by atoms with Crippen LogP contribution >= 0.6 is 0 Å². The number of hydrogen-bond donors (Lipinski definition) is 2. The summed E-state index contributed by atoms with van der Waals surface area (Å²) in [6.07, 6.45) is 0. The van der Waals surface area contributed by atoms with Crippen LogP contribution in [0.3, 0.4) is 0 Å². The number of benzene rings is 1. The van der Waals surface area contributed by atoms with E-state index in [9.17, 15) is 0 Å². The van der Waals surface area contributed by atoms with Crippen molar-refractivity contribution >= 4 is 17.2 Å². The third-order valence-corrected chi connectivity index (χ3v) is 2.93. The minimum atomic E-state index is 0.437. The Morgan fingerprint density at radius 3 is 2.58 bits per heavy atom. The van der Waals surface area contributed by atoms with Crippen molar-refractivity contribution in [3.8, 4) is 5.88 Å². The molecule has 2 rings (SSSR count). The number of methoxy groups -OCH3 is 1. The fraction of sp³-hybridized carbons (Fsp3) is 0.267. The van der Waals surface area contributed by atoms with Gasteiger partial charge in [0.15, 0.2) is 0 Å². The van der Waals surface area contributed by atoms with Gasteiger partial charge in [0.1, 0.15) is 5.82 Å². The first-order chi connectivity index (χ1) is 9.11. The standard InChI is InChI=1S/C15H19N3O/c1-10(2)11-6-4-5-7-13(11)17-14-9-8-12(16)15(18-14)19-3/h4-10H,16H2,1-3H3,(H,17,18). The number of nitrogens with one attached hydrogen (secondary N) is 1. The molecule has 0 radical (unpaired) electrons. The lowest BCUT2D eigenvalue weighted by Crippen LogP contribution is -2.01. The van der Waals surface area contributed by atoms with Crippen LogP contribution in [0.1, 0.15) is 25.3 Å². The lowest BCUT2D eigenvalue weighted by Gasteiger charge is -2.14. The van der Waals surface area contributed by atoms with Crippen LogP contribution in [0, 0.1) is 0 Å². The molecule has 3 N–H and O–H groups in total. The van der Waals surface area contributed by atoms with Gasteiger partial charge in [0.25, 0.3) is 0 Å². The summed E-state index contributed by atoms with van der Waals surface area (Å²) in [6, 6.07) is 11.8. The normalized spacial score (nSPS) is 10.5. The van der Waals surface area contributed by atoms with E-state index in [0.717, 1.165) is 11.5 Å². The molecule has 0 spiro atoms. The molecule has 1 heterocycles. The second-order valence-corrected chi connectivity index (χ2v) is 4.66. The molecule has 0 unspecified atom stereocenters. The Balaban J connectivity index is 2.31. The van der Waals surface area contributed by atoms with Crippen LogP contribution < -0.4 is 15.8 Å². The second-order valence-electron chi connectivity index (χ2n) is 4.66. The molecule has 0 amide bonds. The van der Waals surface area contributed by atoms with Gasteiger partial charge in [-0.1, -0.05) is 32.0 Å². The average Bonchev–Trinajstić information content (AvgIpc) is 2.41. The molecular weight excluding hydrogens is 238 g/mol. The lowest BCUT2D eigenvalue weighted by molar-refractivity contribution is 0.401. The first-order valence-electron chi connectivity index (χ1n) is 6.28. The van der Waals surface area contributed by atoms with E-state index < -0.39 is 0 Å². The van der Waals surface area contributed by atoms with Crippen molar-refractivity contribution in [2.75, 3.05) is 18.2 Å². The zero-order chi connectivity index (χ0) is 13.8. The number of aromatic nitrogens is 1. The van der Waals surface area contributed by atoms with Crippen LogP contribution in [-0.2, 0) is 0 Å². The molecule has 0 aliphatic carbocycles. The Morgan fingerprint density at radius 2 is 1.89 bits per heavy atom. The Morgan fingerprint density at radius 1 is 1.16 bits per heavy atom. The Bertz CT molecular complexity index is 567. The number of rotatable bonds is 4. The van der Waals surface area contributed by atoms with Gasteiger partial charge in [0.05, 0.1) is 12.8 Å². The molecular formula is C15H19N3O. The van der Waals surface area contributed by atoms with Crippen molar-refractivity contribution < 1.29 is 4.74 Å². The van der Waals surface area contributed by atoms with E-state index in [2.05, 4.69) is 30.2 Å². The highest BCUT2D eigenvalue weighted by Gasteiger charge is 2.08. The minimum absolute atomic E-state index is 0.437. The monoisotopic (exact) mass is 257 g/mol. The first-order valence-corrected chi connectivity index (χ1v) is 6.28. The molecule has 19 heavy (non-hydrogen) atoms. The molecule has 0 fully saturated rings. The SMILES string of the molecule is COc1nc(Nc2ccccc2C(C)C)ccc1N. The number of ether oxygens (including phenoxy) is 1. The number of nitrogens with zero attached hydrogens (tertiary/aromatic N) is 1. The van der Waals surface area contributed by atoms with E-state index in [4.69, 9.17) is 10.5 Å². The molecule has 2 aromatic rings. The number of pyridine rings is 1. The molecule has 0 aliphatic rings. The van der Waals surface area contributed by atoms with Crippen LogP contribution in [0.25, 0.3) is 0 Å². The summed E-state index contributed by atoms with van der Waals surface area (Å²) in [7, 11) is 1.56. The second kappa shape index (κ2) is 5.61. The van der Waals surface area contributed by atoms with Crippen molar-refractivity contribution in [1.29, 1.82) is 0 Å². The predicted molar refractivity (Wildman–Crippen MR) is 79.0 cm³/mol. The number of hydrogen-bond acceptors (Lipinski definition) is 4. The third-order valence-electron chi connectivity index (χ3n) is 2.93. The Kier molecular flexibility index (Phi) is 3.90. The maximum absolute atomic E-state index is 5.76. The number of nitrogen functional groups attached to an aromatic ring is 1. The van der Waals surface area contributed by atoms with Gasteiger partial charge in [0, 0.05) is 5.69 Å². The van der Waals surface area contributed by atoms with Crippen molar-refractivity contribution in [2.24, 2.45) is 0 Å². The zero-order valence-electron chi connectivity index (χ0n) is 11.5. The highest BCUT2D eigenvalue weighted by Crippen LogP contribution is 2.28. The van der Waals surface area contributed by atoms with Crippen molar-refractivity contribution in [1.82, 2.24) is 4.98 Å². The molecule has 4 nitrogen and oxygen atoms in total. The summed E-state index contributed by atoms with van der Waals surface area (Å²) in [5.41, 5.74) is 8.59. The summed E-state index contributed by atoms with van der Waals surface area (Å²) in [5.74, 6) is 1.60. The maximum Gasteiger partial charge on any atom is 0.238 e. The molecule has 0 atom stereocenters. The topological polar surface area (TPSA) is 60.2 Å². The molecule has 1 aromatic heterocycles. The fourth-order valence-corrected chi connectivity index (χ4v) is 1.94. The van der Waals surface area contributed by atoms with Gasteiger partial charge in [-0.15, -0.1) is 0 Å². The van der Waals surface area contributed by atoms with Gasteiger partial charge in [-0.05, 0) is 29.7 Å². The van der Waals surface area contributed by atoms with Gasteiger partial charge in [-0.25, -0.2) is 0 Å². The quantitative estimate of drug-likeness (QED) is 0.879. The van der Waals surface area contributed by atoms with Crippen molar-refractivity contribution in [3.05, 3.63) is 42.0 Å². The molecule has 4 heteroatoms. The summed E-state index contributed by atoms with van der Waals surface area (Å²) in [6.45, 7) is 4.33. The van der Waals surface area contributed by atoms with E-state index in [-0.39, 0.29) is 0 Å². The zero-order valence-corrected chi connectivity index (χ0v) is 11.5. The minimum Gasteiger partial charge on any atom is -0.479 e. The van der Waals surface area contributed by atoms with E-state index in [0.29, 0.717) is 17.5 Å². The van der Waals surface area contributed by atoms with Gasteiger partial charge >= 0.3 is 0 Å². The van der Waals surface area contributed by atoms with Crippen LogP contribution in [0.15, 0.2) is 36.4 Å². The Hall–Kier alpha value is -2.23. The number of anilines is 3. The highest BCUT2D eigenvalue weighted by atomic mass is 16.5. The van der Waals surface area contributed by atoms with E-state index in [1.54, 1.807) is 13.2 Å². The van der Waals surface area contributed by atoms with Crippen LogP contribution in [0.2, 0.25) is 0 Å². The molecule has 0 saturated carbocycles. The number of nitrogens with two attached hydrogens (primary N) is 1. The average molecular weight is 257 g/mol. The molecule has 0 bridgehead atoms. The van der Waals surface area contributed by atoms with Gasteiger partial charge in [-0.3, -0.25) is 0 Å². The summed E-state index contributed by atoms with van der Waals surface area (Å²) in [4.78, 5) is 4.33. The van der Waals surface area contributed by atoms with Gasteiger partial charge < -0.3 is 15.8 Å². The number of para-hydroxylation sites is 1. The highest BCUT2D eigenvalue weighted by molar-refractivity contribution is 5.64. The van der Waals surface area contributed by atoms with E-state index in [1.807, 2.05) is 24.3 Å². The molecule has 0 aliphatic heterocycles. The lowest BCUT2D eigenvalue weighted by atomic mass is 10.0. The van der Waals surface area contributed by atoms with E-state index >= 15 is 0 Å². The first kappa shape index (κ1) is 13.2.